The Morgan fingerprint density at radius 3 is 2.74 bits per heavy atom. The van der Waals surface area contributed by atoms with Gasteiger partial charge < -0.3 is 20.6 Å². The van der Waals surface area contributed by atoms with Gasteiger partial charge in [0.2, 0.25) is 0 Å². The normalized spacial score (nSPS) is 16.0. The Morgan fingerprint density at radius 2 is 2.09 bits per heavy atom. The average molecular weight is 432 g/mol. The minimum atomic E-state index is 0. The zero-order chi connectivity index (χ0) is 15.8. The van der Waals surface area contributed by atoms with Crippen molar-refractivity contribution in [2.75, 3.05) is 37.7 Å². The van der Waals surface area contributed by atoms with Crippen LogP contribution in [0.1, 0.15) is 38.3 Å². The van der Waals surface area contributed by atoms with E-state index in [1.807, 2.05) is 6.92 Å². The highest BCUT2D eigenvalue weighted by atomic mass is 127. The Kier molecular flexibility index (Phi) is 9.31. The molecule has 6 heteroatoms. The molecule has 0 saturated carbocycles. The van der Waals surface area contributed by atoms with Crippen molar-refractivity contribution in [1.82, 2.24) is 10.6 Å². The van der Waals surface area contributed by atoms with E-state index < -0.39 is 0 Å². The van der Waals surface area contributed by atoms with Crippen LogP contribution in [0.5, 0.6) is 0 Å². The third-order valence-corrected chi connectivity index (χ3v) is 3.91. The molecule has 0 aliphatic carbocycles. The van der Waals surface area contributed by atoms with Crippen molar-refractivity contribution in [3.05, 3.63) is 29.8 Å². The molecule has 1 atom stereocenters. The third-order valence-electron chi connectivity index (χ3n) is 3.91. The van der Waals surface area contributed by atoms with E-state index in [1.54, 1.807) is 0 Å². The van der Waals surface area contributed by atoms with Gasteiger partial charge in [0.25, 0.3) is 0 Å². The molecule has 0 spiro atoms. The van der Waals surface area contributed by atoms with Crippen LogP contribution in [0.2, 0.25) is 0 Å². The highest BCUT2D eigenvalue weighted by molar-refractivity contribution is 14.0. The summed E-state index contributed by atoms with van der Waals surface area (Å²) in [6.07, 6.45) is 2.58. The summed E-state index contributed by atoms with van der Waals surface area (Å²) < 4.78 is 0. The number of aliphatic imine (C=N–C) groups is 1. The zero-order valence-electron chi connectivity index (χ0n) is 14.1. The second-order valence-corrected chi connectivity index (χ2v) is 5.64. The van der Waals surface area contributed by atoms with Crippen molar-refractivity contribution in [2.24, 2.45) is 4.99 Å². The first-order valence-corrected chi connectivity index (χ1v) is 8.25. The lowest BCUT2D eigenvalue weighted by Crippen LogP contribution is -2.39. The van der Waals surface area contributed by atoms with Gasteiger partial charge >= 0.3 is 0 Å². The van der Waals surface area contributed by atoms with Crippen molar-refractivity contribution in [1.29, 1.82) is 0 Å². The minimum Gasteiger partial charge on any atom is -0.394 e. The maximum atomic E-state index is 8.92. The Morgan fingerprint density at radius 1 is 1.35 bits per heavy atom. The van der Waals surface area contributed by atoms with Crippen LogP contribution < -0.4 is 15.5 Å². The van der Waals surface area contributed by atoms with Crippen molar-refractivity contribution >= 4 is 35.6 Å². The number of benzene rings is 1. The van der Waals surface area contributed by atoms with Gasteiger partial charge in [-0.05, 0) is 44.4 Å². The molecule has 2 rings (SSSR count). The average Bonchev–Trinajstić information content (AvgIpc) is 3.07. The number of anilines is 1. The highest BCUT2D eigenvalue weighted by Gasteiger charge is 2.14. The lowest BCUT2D eigenvalue weighted by atomic mass is 10.1. The predicted octanol–water partition coefficient (Wildman–Crippen LogP) is 2.51. The van der Waals surface area contributed by atoms with Gasteiger partial charge in [-0.3, -0.25) is 4.99 Å². The van der Waals surface area contributed by atoms with Crippen LogP contribution in [0.3, 0.4) is 0 Å². The Hall–Kier alpha value is -1.02. The number of hydrogen-bond donors (Lipinski definition) is 3. The van der Waals surface area contributed by atoms with Crippen molar-refractivity contribution < 1.29 is 5.11 Å². The molecular weight excluding hydrogens is 403 g/mol. The highest BCUT2D eigenvalue weighted by Crippen LogP contribution is 2.23. The standard InChI is InChI=1S/C17H28N4O.HI/c1-3-18-17(19-9-12-22)20-14(2)15-7-6-8-16(13-15)21-10-4-5-11-21;/h6-8,13-14,22H,3-5,9-12H2,1-2H3,(H2,18,19,20);1H. The fraction of sp³-hybridized carbons (Fsp3) is 0.588. The lowest BCUT2D eigenvalue weighted by Gasteiger charge is -2.22. The first-order chi connectivity index (χ1) is 10.7. The van der Waals surface area contributed by atoms with Gasteiger partial charge in [-0.15, -0.1) is 24.0 Å². The maximum Gasteiger partial charge on any atom is 0.191 e. The maximum absolute atomic E-state index is 8.92. The molecule has 1 aliphatic rings. The number of guanidine groups is 1. The van der Waals surface area contributed by atoms with E-state index in [1.165, 1.54) is 24.1 Å². The molecule has 1 aromatic carbocycles. The summed E-state index contributed by atoms with van der Waals surface area (Å²) in [4.78, 5) is 6.78. The summed E-state index contributed by atoms with van der Waals surface area (Å²) in [5.74, 6) is 0.746. The zero-order valence-corrected chi connectivity index (χ0v) is 16.4. The first kappa shape index (κ1) is 20.0. The monoisotopic (exact) mass is 432 g/mol. The van der Waals surface area contributed by atoms with E-state index in [0.717, 1.165) is 25.6 Å². The molecular formula is C17H29IN4O. The first-order valence-electron chi connectivity index (χ1n) is 8.25. The van der Waals surface area contributed by atoms with Crippen LogP contribution in [-0.2, 0) is 0 Å². The fourth-order valence-corrected chi connectivity index (χ4v) is 2.74. The van der Waals surface area contributed by atoms with Crippen LogP contribution in [-0.4, -0.2) is 43.9 Å². The molecule has 0 bridgehead atoms. The van der Waals surface area contributed by atoms with Crippen LogP contribution >= 0.6 is 24.0 Å². The fourth-order valence-electron chi connectivity index (χ4n) is 2.74. The van der Waals surface area contributed by atoms with Gasteiger partial charge in [0.1, 0.15) is 0 Å². The summed E-state index contributed by atoms with van der Waals surface area (Å²) in [5, 5.41) is 15.5. The molecule has 1 unspecified atom stereocenters. The van der Waals surface area contributed by atoms with Crippen molar-refractivity contribution in [3.8, 4) is 0 Å². The Labute approximate surface area is 156 Å². The molecule has 3 N–H and O–H groups in total. The Balaban J connectivity index is 0.00000264. The number of aliphatic hydroxyl groups excluding tert-OH is 1. The summed E-state index contributed by atoms with van der Waals surface area (Å²) in [6.45, 7) is 7.77. The summed E-state index contributed by atoms with van der Waals surface area (Å²) in [6, 6.07) is 8.89. The number of rotatable bonds is 6. The van der Waals surface area contributed by atoms with E-state index in [0.29, 0.717) is 6.54 Å². The number of aliphatic hydroxyl groups is 1. The van der Waals surface area contributed by atoms with E-state index in [4.69, 9.17) is 5.11 Å². The van der Waals surface area contributed by atoms with E-state index in [9.17, 15) is 0 Å². The van der Waals surface area contributed by atoms with Gasteiger partial charge in [0.15, 0.2) is 5.96 Å². The molecule has 0 amide bonds. The number of nitrogens with zero attached hydrogens (tertiary/aromatic N) is 2. The molecule has 130 valence electrons. The molecule has 1 aromatic rings. The van der Waals surface area contributed by atoms with Crippen LogP contribution in [0.25, 0.3) is 0 Å². The van der Waals surface area contributed by atoms with Gasteiger partial charge in [-0.1, -0.05) is 12.1 Å². The van der Waals surface area contributed by atoms with E-state index >= 15 is 0 Å². The van der Waals surface area contributed by atoms with E-state index in [2.05, 4.69) is 51.7 Å². The minimum absolute atomic E-state index is 0. The molecule has 1 fully saturated rings. The second-order valence-electron chi connectivity index (χ2n) is 5.64. The SMILES string of the molecule is CCNC(=NCCO)NC(C)c1cccc(N2CCCC2)c1.I. The quantitative estimate of drug-likeness (QED) is 0.368. The molecule has 1 saturated heterocycles. The second kappa shape index (κ2) is 10.7. The van der Waals surface area contributed by atoms with Crippen LogP contribution in [0, 0.1) is 0 Å². The van der Waals surface area contributed by atoms with Gasteiger partial charge in [0, 0.05) is 25.3 Å². The van der Waals surface area contributed by atoms with Crippen LogP contribution in [0.15, 0.2) is 29.3 Å². The lowest BCUT2D eigenvalue weighted by molar-refractivity contribution is 0.306. The van der Waals surface area contributed by atoms with Gasteiger partial charge in [-0.2, -0.15) is 0 Å². The molecule has 23 heavy (non-hydrogen) atoms. The summed E-state index contributed by atoms with van der Waals surface area (Å²) >= 11 is 0. The third kappa shape index (κ3) is 6.18. The van der Waals surface area contributed by atoms with Gasteiger partial charge in [-0.25, -0.2) is 0 Å². The van der Waals surface area contributed by atoms with Crippen molar-refractivity contribution in [3.63, 3.8) is 0 Å². The summed E-state index contributed by atoms with van der Waals surface area (Å²) in [7, 11) is 0. The topological polar surface area (TPSA) is 59.9 Å². The van der Waals surface area contributed by atoms with Crippen molar-refractivity contribution in [2.45, 2.75) is 32.7 Å². The van der Waals surface area contributed by atoms with Gasteiger partial charge in [0.05, 0.1) is 19.2 Å². The summed E-state index contributed by atoms with van der Waals surface area (Å²) in [5.41, 5.74) is 2.56. The number of hydrogen-bond acceptors (Lipinski definition) is 3. The number of nitrogens with one attached hydrogen (secondary N) is 2. The molecule has 1 heterocycles. The molecule has 0 aromatic heterocycles. The largest absolute Gasteiger partial charge is 0.394 e. The molecule has 1 aliphatic heterocycles. The Bertz CT molecular complexity index is 489. The molecule has 5 nitrogen and oxygen atoms in total. The number of halogens is 1. The molecule has 0 radical (unpaired) electrons. The van der Waals surface area contributed by atoms with Crippen LogP contribution in [0.4, 0.5) is 5.69 Å². The predicted molar refractivity (Wildman–Crippen MR) is 108 cm³/mol. The smallest absolute Gasteiger partial charge is 0.191 e. The van der Waals surface area contributed by atoms with E-state index in [-0.39, 0.29) is 36.6 Å².